The summed E-state index contributed by atoms with van der Waals surface area (Å²) in [6.45, 7) is 3.36. The Morgan fingerprint density at radius 3 is 2.50 bits per heavy atom. The fourth-order valence-corrected chi connectivity index (χ4v) is 0.405. The number of hydrogen-bond acceptors (Lipinski definition) is 0. The van der Waals surface area contributed by atoms with E-state index in [1.54, 1.807) is 0 Å². The summed E-state index contributed by atoms with van der Waals surface area (Å²) in [6.07, 6.45) is 0.976. The number of halogens is 1. The van der Waals surface area contributed by atoms with Gasteiger partial charge in [0.2, 0.25) is 0 Å². The average molecular weight is 193 g/mol. The lowest BCUT2D eigenvalue weighted by atomic mass is 10.5. The van der Waals surface area contributed by atoms with Crippen LogP contribution in [-0.4, -0.2) is 4.43 Å². The van der Waals surface area contributed by atoms with Crippen LogP contribution < -0.4 is 0 Å². The minimum absolute atomic E-state index is 0.976. The second kappa shape index (κ2) is 5.29. The largest absolute Gasteiger partial charge is 0.102 e. The third-order valence-corrected chi connectivity index (χ3v) is 0.884. The summed E-state index contributed by atoms with van der Waals surface area (Å²) in [4.78, 5) is 0. The fraction of sp³-hybridized carbons (Fsp3) is 0.400. The fourth-order valence-electron chi connectivity index (χ4n) is 0.136. The number of rotatable bonds is 1. The van der Waals surface area contributed by atoms with Crippen LogP contribution in [0.3, 0.4) is 0 Å². The van der Waals surface area contributed by atoms with Gasteiger partial charge in [0.05, 0.1) is 0 Å². The predicted molar refractivity (Wildman–Crippen MR) is 36.6 cm³/mol. The van der Waals surface area contributed by atoms with Gasteiger partial charge in [-0.05, 0) is 0 Å². The molecule has 1 heteroatoms. The summed E-state index contributed by atoms with van der Waals surface area (Å²) in [7, 11) is 0. The van der Waals surface area contributed by atoms with E-state index in [2.05, 4.69) is 41.4 Å². The Morgan fingerprint density at radius 1 is 1.67 bits per heavy atom. The topological polar surface area (TPSA) is 0 Å². The Labute approximate surface area is 52.5 Å². The predicted octanol–water partition coefficient (Wildman–Crippen LogP) is 1.65. The zero-order valence-corrected chi connectivity index (χ0v) is 5.66. The molecular weight excluding hydrogens is 187 g/mol. The molecule has 0 aliphatic carbocycles. The molecule has 0 saturated heterocycles. The van der Waals surface area contributed by atoms with E-state index in [0.29, 0.717) is 0 Å². The van der Waals surface area contributed by atoms with Crippen molar-refractivity contribution in [2.24, 2.45) is 0 Å². The van der Waals surface area contributed by atoms with E-state index < -0.39 is 0 Å². The van der Waals surface area contributed by atoms with Gasteiger partial charge in [0.1, 0.15) is 0 Å². The first-order chi connectivity index (χ1) is 2.91. The van der Waals surface area contributed by atoms with Crippen LogP contribution in [0.2, 0.25) is 0 Å². The average Bonchev–Trinajstić information content (AvgIpc) is 1.61. The van der Waals surface area contributed by atoms with Crippen LogP contribution in [0.15, 0.2) is 0 Å². The molecule has 0 amide bonds. The van der Waals surface area contributed by atoms with Crippen molar-refractivity contribution in [3.8, 4) is 11.8 Å². The van der Waals surface area contributed by atoms with Gasteiger partial charge in [-0.25, -0.2) is 0 Å². The maximum Gasteiger partial charge on any atom is 0.0198 e. The monoisotopic (exact) mass is 193 g/mol. The molecule has 33 valence electrons. The molecule has 0 aromatic carbocycles. The summed E-state index contributed by atoms with van der Waals surface area (Å²) in [5.41, 5.74) is 0. The van der Waals surface area contributed by atoms with Crippen molar-refractivity contribution in [3.63, 3.8) is 0 Å². The Morgan fingerprint density at radius 2 is 2.33 bits per heavy atom. The summed E-state index contributed by atoms with van der Waals surface area (Å²) >= 11 is 2.28. The van der Waals surface area contributed by atoms with Gasteiger partial charge in [0.15, 0.2) is 0 Å². The van der Waals surface area contributed by atoms with Crippen molar-refractivity contribution in [2.45, 2.75) is 6.42 Å². The zero-order chi connectivity index (χ0) is 4.83. The molecule has 0 bridgehead atoms. The molecule has 0 N–H and O–H groups in total. The van der Waals surface area contributed by atoms with Gasteiger partial charge >= 0.3 is 0 Å². The van der Waals surface area contributed by atoms with Crippen molar-refractivity contribution >= 4 is 22.6 Å². The standard InChI is InChI=1S/C5H6I/c1-2-3-4-5-6/h1,4-5H2. The first kappa shape index (κ1) is 6.29. The van der Waals surface area contributed by atoms with E-state index in [1.165, 1.54) is 0 Å². The van der Waals surface area contributed by atoms with Gasteiger partial charge in [-0.3, -0.25) is 0 Å². The van der Waals surface area contributed by atoms with E-state index in [1.807, 2.05) is 0 Å². The molecule has 0 heterocycles. The Balaban J connectivity index is 2.79. The van der Waals surface area contributed by atoms with Crippen molar-refractivity contribution in [1.82, 2.24) is 0 Å². The lowest BCUT2D eigenvalue weighted by Gasteiger charge is -1.69. The quantitative estimate of drug-likeness (QED) is 0.337. The summed E-state index contributed by atoms with van der Waals surface area (Å²) in [6, 6.07) is 0. The maximum absolute atomic E-state index is 3.36. The van der Waals surface area contributed by atoms with Crippen molar-refractivity contribution in [3.05, 3.63) is 6.92 Å². The SMILES string of the molecule is [CH2]C#CCCI. The van der Waals surface area contributed by atoms with Crippen LogP contribution in [0.1, 0.15) is 6.42 Å². The van der Waals surface area contributed by atoms with Gasteiger partial charge in [0.25, 0.3) is 0 Å². The van der Waals surface area contributed by atoms with Crippen molar-refractivity contribution < 1.29 is 0 Å². The van der Waals surface area contributed by atoms with Crippen LogP contribution >= 0.6 is 22.6 Å². The van der Waals surface area contributed by atoms with Gasteiger partial charge in [-0.15, -0.1) is 11.8 Å². The molecule has 6 heavy (non-hydrogen) atoms. The van der Waals surface area contributed by atoms with Gasteiger partial charge in [-0.2, -0.15) is 0 Å². The van der Waals surface area contributed by atoms with Crippen LogP contribution in [0, 0.1) is 18.8 Å². The maximum atomic E-state index is 3.36. The molecule has 0 aliphatic rings. The first-order valence-electron chi connectivity index (χ1n) is 1.72. The van der Waals surface area contributed by atoms with Gasteiger partial charge < -0.3 is 0 Å². The van der Waals surface area contributed by atoms with Crippen LogP contribution in [-0.2, 0) is 0 Å². The lowest BCUT2D eigenvalue weighted by Crippen LogP contribution is -1.62. The van der Waals surface area contributed by atoms with Crippen LogP contribution in [0.5, 0.6) is 0 Å². The molecular formula is C5H6I. The van der Waals surface area contributed by atoms with Crippen LogP contribution in [0.25, 0.3) is 0 Å². The van der Waals surface area contributed by atoms with Gasteiger partial charge in [-0.1, -0.05) is 22.6 Å². The third-order valence-electron chi connectivity index (χ3n) is 0.344. The molecule has 0 saturated carbocycles. The van der Waals surface area contributed by atoms with Crippen molar-refractivity contribution in [2.75, 3.05) is 4.43 Å². The highest BCUT2D eigenvalue weighted by Gasteiger charge is 1.65. The highest BCUT2D eigenvalue weighted by Crippen LogP contribution is 1.83. The lowest BCUT2D eigenvalue weighted by molar-refractivity contribution is 1.34. The minimum Gasteiger partial charge on any atom is -0.102 e. The highest BCUT2D eigenvalue weighted by molar-refractivity contribution is 14.1. The number of hydrogen-bond donors (Lipinski definition) is 0. The molecule has 0 spiro atoms. The van der Waals surface area contributed by atoms with Crippen molar-refractivity contribution in [1.29, 1.82) is 0 Å². The van der Waals surface area contributed by atoms with E-state index in [0.717, 1.165) is 10.8 Å². The Bertz CT molecular complexity index is 65.7. The summed E-state index contributed by atoms with van der Waals surface area (Å²) < 4.78 is 1.11. The second-order valence-corrected chi connectivity index (χ2v) is 1.87. The molecule has 0 aromatic heterocycles. The molecule has 1 radical (unpaired) electrons. The Hall–Kier alpha value is 0.290. The summed E-state index contributed by atoms with van der Waals surface area (Å²) in [5.74, 6) is 5.39. The van der Waals surface area contributed by atoms with E-state index in [9.17, 15) is 0 Å². The molecule has 0 aliphatic heterocycles. The third kappa shape index (κ3) is 4.29. The van der Waals surface area contributed by atoms with E-state index >= 15 is 0 Å². The molecule has 0 atom stereocenters. The molecule has 0 fully saturated rings. The highest BCUT2D eigenvalue weighted by atomic mass is 127. The molecule has 0 aromatic rings. The normalized spacial score (nSPS) is 6.33. The Kier molecular flexibility index (Phi) is 5.55. The molecule has 0 unspecified atom stereocenters. The molecule has 0 rings (SSSR count). The minimum atomic E-state index is 0.976. The first-order valence-corrected chi connectivity index (χ1v) is 3.25. The number of alkyl halides is 1. The smallest absolute Gasteiger partial charge is 0.0198 e. The second-order valence-electron chi connectivity index (χ2n) is 0.793. The van der Waals surface area contributed by atoms with Gasteiger partial charge in [0, 0.05) is 17.8 Å². The van der Waals surface area contributed by atoms with E-state index in [-0.39, 0.29) is 0 Å². The molecule has 0 nitrogen and oxygen atoms in total. The zero-order valence-electron chi connectivity index (χ0n) is 3.50. The summed E-state index contributed by atoms with van der Waals surface area (Å²) in [5, 5.41) is 0. The van der Waals surface area contributed by atoms with Crippen LogP contribution in [0.4, 0.5) is 0 Å². The van der Waals surface area contributed by atoms with E-state index in [4.69, 9.17) is 0 Å².